The maximum absolute atomic E-state index is 10.5. The van der Waals surface area contributed by atoms with Crippen molar-refractivity contribution in [1.29, 1.82) is 0 Å². The first-order chi connectivity index (χ1) is 9.65. The van der Waals surface area contributed by atoms with Crippen molar-refractivity contribution in [1.82, 2.24) is 0 Å². The second kappa shape index (κ2) is 6.43. The van der Waals surface area contributed by atoms with Gasteiger partial charge >= 0.3 is 5.97 Å². The van der Waals surface area contributed by atoms with Crippen LogP contribution < -0.4 is 4.74 Å². The van der Waals surface area contributed by atoms with Gasteiger partial charge in [-0.2, -0.15) is 0 Å². The summed E-state index contributed by atoms with van der Waals surface area (Å²) in [5, 5.41) is 18.2. The summed E-state index contributed by atoms with van der Waals surface area (Å²) >= 11 is 0. The van der Waals surface area contributed by atoms with Gasteiger partial charge < -0.3 is 14.9 Å². The molecule has 20 heavy (non-hydrogen) atoms. The molecule has 4 nitrogen and oxygen atoms in total. The zero-order chi connectivity index (χ0) is 14.4. The number of aromatic hydroxyl groups is 1. The Bertz CT molecular complexity index is 618. The van der Waals surface area contributed by atoms with E-state index in [9.17, 15) is 9.90 Å². The van der Waals surface area contributed by atoms with Gasteiger partial charge in [0.05, 0.1) is 0 Å². The number of aliphatic carboxylic acids is 1. The van der Waals surface area contributed by atoms with Crippen LogP contribution >= 0.6 is 0 Å². The summed E-state index contributed by atoms with van der Waals surface area (Å²) in [5.41, 5.74) is 1.43. The van der Waals surface area contributed by atoms with Crippen molar-refractivity contribution in [2.24, 2.45) is 0 Å². The van der Waals surface area contributed by atoms with E-state index in [0.717, 1.165) is 11.6 Å². The summed E-state index contributed by atoms with van der Waals surface area (Å²) < 4.78 is 5.60. The predicted octanol–water partition coefficient (Wildman–Crippen LogP) is 3.07. The van der Waals surface area contributed by atoms with Gasteiger partial charge in [0.25, 0.3) is 0 Å². The molecule has 102 valence electrons. The van der Waals surface area contributed by atoms with E-state index in [0.29, 0.717) is 17.9 Å². The van der Waals surface area contributed by atoms with Crippen LogP contribution in [0, 0.1) is 0 Å². The largest absolute Gasteiger partial charge is 0.507 e. The normalized spacial score (nSPS) is 10.6. The monoisotopic (exact) mass is 270 g/mol. The lowest BCUT2D eigenvalue weighted by Crippen LogP contribution is -1.95. The highest BCUT2D eigenvalue weighted by Crippen LogP contribution is 2.24. The molecule has 0 heterocycles. The van der Waals surface area contributed by atoms with E-state index in [1.54, 1.807) is 12.1 Å². The van der Waals surface area contributed by atoms with E-state index < -0.39 is 5.97 Å². The number of carboxylic acids is 1. The fourth-order valence-electron chi connectivity index (χ4n) is 1.66. The number of carboxylic acid groups (broad SMARTS) is 1. The fraction of sp³-hybridized carbons (Fsp3) is 0.0625. The molecule has 2 aromatic rings. The van der Waals surface area contributed by atoms with Gasteiger partial charge in [-0.25, -0.2) is 4.79 Å². The number of phenols is 1. The molecule has 4 heteroatoms. The lowest BCUT2D eigenvalue weighted by atomic mass is 10.1. The van der Waals surface area contributed by atoms with Crippen LogP contribution in [0.3, 0.4) is 0 Å². The molecule has 0 fully saturated rings. The van der Waals surface area contributed by atoms with E-state index in [4.69, 9.17) is 9.84 Å². The molecule has 0 aliphatic rings. The molecule has 0 spiro atoms. The SMILES string of the molecule is O=C(O)/C=C/c1cc(OCc2ccccc2)ccc1O. The third-order valence-electron chi connectivity index (χ3n) is 2.65. The summed E-state index contributed by atoms with van der Waals surface area (Å²) in [5.74, 6) is -0.494. The highest BCUT2D eigenvalue weighted by Gasteiger charge is 2.02. The van der Waals surface area contributed by atoms with Gasteiger partial charge in [-0.1, -0.05) is 30.3 Å². The van der Waals surface area contributed by atoms with Gasteiger partial charge in [0.2, 0.25) is 0 Å². The Morgan fingerprint density at radius 3 is 2.60 bits per heavy atom. The van der Waals surface area contributed by atoms with Crippen LogP contribution in [-0.4, -0.2) is 16.2 Å². The molecule has 2 aromatic carbocycles. The second-order valence-corrected chi connectivity index (χ2v) is 4.17. The zero-order valence-electron chi connectivity index (χ0n) is 10.7. The molecule has 0 amide bonds. The van der Waals surface area contributed by atoms with E-state index in [1.165, 1.54) is 12.1 Å². The number of benzene rings is 2. The Labute approximate surface area is 116 Å². The Morgan fingerprint density at radius 1 is 1.15 bits per heavy atom. The summed E-state index contributed by atoms with van der Waals surface area (Å²) in [6, 6.07) is 14.4. The molecule has 0 aliphatic heterocycles. The lowest BCUT2D eigenvalue weighted by Gasteiger charge is -2.08. The van der Waals surface area contributed by atoms with Crippen molar-refractivity contribution in [2.45, 2.75) is 6.61 Å². The van der Waals surface area contributed by atoms with E-state index >= 15 is 0 Å². The third kappa shape index (κ3) is 3.88. The molecule has 0 radical (unpaired) electrons. The van der Waals surface area contributed by atoms with Crippen LogP contribution in [0.1, 0.15) is 11.1 Å². The Balaban J connectivity index is 2.09. The first-order valence-electron chi connectivity index (χ1n) is 6.06. The topological polar surface area (TPSA) is 66.8 Å². The molecule has 2 N–H and O–H groups in total. The minimum absolute atomic E-state index is 0.00885. The molecule has 0 aliphatic carbocycles. The minimum Gasteiger partial charge on any atom is -0.507 e. The quantitative estimate of drug-likeness (QED) is 0.819. The summed E-state index contributed by atoms with van der Waals surface area (Å²) in [6.07, 6.45) is 2.29. The van der Waals surface area contributed by atoms with Gasteiger partial charge in [0.1, 0.15) is 18.1 Å². The van der Waals surface area contributed by atoms with Crippen LogP contribution in [0.25, 0.3) is 6.08 Å². The number of hydrogen-bond acceptors (Lipinski definition) is 3. The average Bonchev–Trinajstić information content (AvgIpc) is 2.46. The summed E-state index contributed by atoms with van der Waals surface area (Å²) in [4.78, 5) is 10.5. The van der Waals surface area contributed by atoms with Gasteiger partial charge in [-0.15, -0.1) is 0 Å². The smallest absolute Gasteiger partial charge is 0.328 e. The number of phenolic OH excluding ortho intramolecular Hbond substituents is 1. The predicted molar refractivity (Wildman–Crippen MR) is 75.6 cm³/mol. The molecule has 0 unspecified atom stereocenters. The van der Waals surface area contributed by atoms with Crippen molar-refractivity contribution >= 4 is 12.0 Å². The van der Waals surface area contributed by atoms with Crippen molar-refractivity contribution in [3.8, 4) is 11.5 Å². The van der Waals surface area contributed by atoms with Crippen LogP contribution in [-0.2, 0) is 11.4 Å². The van der Waals surface area contributed by atoms with Gasteiger partial charge in [0, 0.05) is 11.6 Å². The number of hydrogen-bond donors (Lipinski definition) is 2. The number of ether oxygens (including phenoxy) is 1. The molecule has 0 saturated heterocycles. The van der Waals surface area contributed by atoms with Crippen LogP contribution in [0.15, 0.2) is 54.6 Å². The second-order valence-electron chi connectivity index (χ2n) is 4.17. The van der Waals surface area contributed by atoms with Crippen molar-refractivity contribution < 1.29 is 19.7 Å². The maximum Gasteiger partial charge on any atom is 0.328 e. The van der Waals surface area contributed by atoms with Crippen LogP contribution in [0.2, 0.25) is 0 Å². The Hall–Kier alpha value is -2.75. The third-order valence-corrected chi connectivity index (χ3v) is 2.65. The van der Waals surface area contributed by atoms with Gasteiger partial charge in [-0.05, 0) is 29.8 Å². The first kappa shape index (κ1) is 13.7. The maximum atomic E-state index is 10.5. The first-order valence-corrected chi connectivity index (χ1v) is 6.06. The van der Waals surface area contributed by atoms with Crippen molar-refractivity contribution in [3.63, 3.8) is 0 Å². The molecular weight excluding hydrogens is 256 g/mol. The van der Waals surface area contributed by atoms with Crippen LogP contribution in [0.5, 0.6) is 11.5 Å². The Kier molecular flexibility index (Phi) is 4.39. The molecular formula is C16H14O4. The fourth-order valence-corrected chi connectivity index (χ4v) is 1.66. The lowest BCUT2D eigenvalue weighted by molar-refractivity contribution is -0.131. The van der Waals surface area contributed by atoms with Crippen molar-refractivity contribution in [3.05, 3.63) is 65.7 Å². The average molecular weight is 270 g/mol. The Morgan fingerprint density at radius 2 is 1.90 bits per heavy atom. The standard InChI is InChI=1S/C16H14O4/c17-15-8-7-14(10-13(15)6-9-16(18)19)20-11-12-4-2-1-3-5-12/h1-10,17H,11H2,(H,18,19)/b9-6+. The number of carbonyl (C=O) groups is 1. The van der Waals surface area contributed by atoms with Gasteiger partial charge in [0.15, 0.2) is 0 Å². The van der Waals surface area contributed by atoms with Crippen LogP contribution in [0.4, 0.5) is 0 Å². The van der Waals surface area contributed by atoms with E-state index in [1.807, 2.05) is 30.3 Å². The summed E-state index contributed by atoms with van der Waals surface area (Å²) in [6.45, 7) is 0.410. The number of rotatable bonds is 5. The zero-order valence-corrected chi connectivity index (χ0v) is 10.7. The molecule has 0 bridgehead atoms. The summed E-state index contributed by atoms with van der Waals surface area (Å²) in [7, 11) is 0. The highest BCUT2D eigenvalue weighted by atomic mass is 16.5. The molecule has 2 rings (SSSR count). The highest BCUT2D eigenvalue weighted by molar-refractivity contribution is 5.86. The van der Waals surface area contributed by atoms with Gasteiger partial charge in [-0.3, -0.25) is 0 Å². The minimum atomic E-state index is -1.07. The molecule has 0 atom stereocenters. The molecule has 0 aromatic heterocycles. The molecule has 0 saturated carbocycles. The van der Waals surface area contributed by atoms with E-state index in [2.05, 4.69) is 0 Å². The van der Waals surface area contributed by atoms with Crippen molar-refractivity contribution in [2.75, 3.05) is 0 Å². The van der Waals surface area contributed by atoms with E-state index in [-0.39, 0.29) is 5.75 Å².